The number of hydrogen-bond donors (Lipinski definition) is 3. The Hall–Kier alpha value is -4.01. The van der Waals surface area contributed by atoms with Gasteiger partial charge in [-0.1, -0.05) is 54.6 Å². The number of carboxylic acids is 1. The predicted octanol–water partition coefficient (Wildman–Crippen LogP) is 2.86. The molecule has 9 nitrogen and oxygen atoms in total. The number of carboxylic acid groups (broad SMARTS) is 1. The van der Waals surface area contributed by atoms with Crippen molar-refractivity contribution in [2.75, 3.05) is 6.61 Å². The second-order valence-electron chi connectivity index (χ2n) is 8.14. The minimum absolute atomic E-state index is 0.0413. The van der Waals surface area contributed by atoms with Gasteiger partial charge in [0.05, 0.1) is 6.20 Å². The van der Waals surface area contributed by atoms with E-state index in [1.807, 2.05) is 54.6 Å². The first-order valence-corrected chi connectivity index (χ1v) is 10.4. The van der Waals surface area contributed by atoms with Gasteiger partial charge in [-0.2, -0.15) is 15.4 Å². The third kappa shape index (κ3) is 6.49. The van der Waals surface area contributed by atoms with E-state index in [0.717, 1.165) is 16.7 Å². The second kappa shape index (κ2) is 10.5. The molecular weight excluding hydrogens is 424 g/mol. The Morgan fingerprint density at radius 2 is 1.76 bits per heavy atom. The lowest BCUT2D eigenvalue weighted by molar-refractivity contribution is -0.157. The number of amides is 1. The highest BCUT2D eigenvalue weighted by Crippen LogP contribution is 2.27. The van der Waals surface area contributed by atoms with Crippen LogP contribution in [0.1, 0.15) is 36.3 Å². The average molecular weight is 450 g/mol. The van der Waals surface area contributed by atoms with Crippen molar-refractivity contribution in [3.63, 3.8) is 0 Å². The van der Waals surface area contributed by atoms with Crippen LogP contribution < -0.4 is 5.32 Å². The van der Waals surface area contributed by atoms with E-state index in [2.05, 4.69) is 20.7 Å². The van der Waals surface area contributed by atoms with Gasteiger partial charge in [0.25, 0.3) is 5.91 Å². The molecule has 1 heterocycles. The first kappa shape index (κ1) is 23.6. The summed E-state index contributed by atoms with van der Waals surface area (Å²) in [5.74, 6) is -2.17. The summed E-state index contributed by atoms with van der Waals surface area (Å²) in [6.07, 6.45) is 1.71. The summed E-state index contributed by atoms with van der Waals surface area (Å²) in [4.78, 5) is 35.9. The van der Waals surface area contributed by atoms with Crippen LogP contribution in [0.25, 0.3) is 11.1 Å². The quantitative estimate of drug-likeness (QED) is 0.404. The smallest absolute Gasteiger partial charge is 0.312 e. The number of benzene rings is 2. The normalized spacial score (nSPS) is 13.5. The zero-order valence-electron chi connectivity index (χ0n) is 18.4. The van der Waals surface area contributed by atoms with Gasteiger partial charge in [0.1, 0.15) is 12.0 Å². The van der Waals surface area contributed by atoms with Gasteiger partial charge in [-0.25, -0.2) is 0 Å². The topological polar surface area (TPSA) is 134 Å². The summed E-state index contributed by atoms with van der Waals surface area (Å²) in [5.41, 5.74) is 1.75. The summed E-state index contributed by atoms with van der Waals surface area (Å²) in [6.45, 7) is 2.41. The monoisotopic (exact) mass is 450 g/mol. The van der Waals surface area contributed by atoms with Crippen LogP contribution in [-0.4, -0.2) is 51.0 Å². The van der Waals surface area contributed by atoms with Gasteiger partial charge >= 0.3 is 11.9 Å². The van der Waals surface area contributed by atoms with Crippen molar-refractivity contribution in [3.8, 4) is 11.1 Å². The van der Waals surface area contributed by atoms with E-state index in [0.29, 0.717) is 6.42 Å². The Morgan fingerprint density at radius 3 is 2.33 bits per heavy atom. The lowest BCUT2D eigenvalue weighted by atomic mass is 9.82. The molecule has 0 saturated heterocycles. The molecule has 1 aromatic heterocycles. The van der Waals surface area contributed by atoms with Crippen LogP contribution in [0, 0.1) is 5.41 Å². The number of carbonyl (C=O) groups excluding carboxylic acids is 2. The van der Waals surface area contributed by atoms with Crippen LogP contribution >= 0.6 is 0 Å². The van der Waals surface area contributed by atoms with Crippen molar-refractivity contribution in [1.82, 2.24) is 20.7 Å². The molecule has 0 fully saturated rings. The molecule has 2 aromatic carbocycles. The minimum atomic E-state index is -1.39. The third-order valence-electron chi connectivity index (χ3n) is 5.33. The van der Waals surface area contributed by atoms with Crippen LogP contribution in [0.4, 0.5) is 0 Å². The van der Waals surface area contributed by atoms with Crippen LogP contribution in [0.2, 0.25) is 0 Å². The Kier molecular flexibility index (Phi) is 7.55. The van der Waals surface area contributed by atoms with Crippen LogP contribution in [-0.2, 0) is 20.7 Å². The van der Waals surface area contributed by atoms with E-state index < -0.39 is 29.3 Å². The number of rotatable bonds is 10. The largest absolute Gasteiger partial charge is 0.481 e. The minimum Gasteiger partial charge on any atom is -0.481 e. The molecule has 0 aliphatic heterocycles. The SMILES string of the molecule is CC(=O)OCC(C)(CC(Cc1ccc(-c2ccccc2)cc1)NC(=O)c1cn[nH]n1)C(=O)O. The average Bonchev–Trinajstić information content (AvgIpc) is 3.34. The van der Waals surface area contributed by atoms with Crippen LogP contribution in [0.15, 0.2) is 60.8 Å². The lowest BCUT2D eigenvalue weighted by Gasteiger charge is -2.29. The molecule has 2 unspecified atom stereocenters. The van der Waals surface area contributed by atoms with Gasteiger partial charge in [-0.05, 0) is 36.5 Å². The molecule has 3 rings (SSSR count). The summed E-state index contributed by atoms with van der Waals surface area (Å²) in [5, 5.41) is 22.5. The lowest BCUT2D eigenvalue weighted by Crippen LogP contribution is -2.44. The molecule has 0 radical (unpaired) electrons. The molecule has 2 atom stereocenters. The number of nitrogens with one attached hydrogen (secondary N) is 2. The molecular formula is C24H26N4O5. The van der Waals surface area contributed by atoms with E-state index >= 15 is 0 Å². The van der Waals surface area contributed by atoms with Crippen molar-refractivity contribution >= 4 is 17.8 Å². The number of aliphatic carboxylic acids is 1. The highest BCUT2D eigenvalue weighted by molar-refractivity contribution is 5.92. The summed E-state index contributed by atoms with van der Waals surface area (Å²) >= 11 is 0. The van der Waals surface area contributed by atoms with Crippen molar-refractivity contribution in [2.45, 2.75) is 32.7 Å². The predicted molar refractivity (Wildman–Crippen MR) is 120 cm³/mol. The number of hydrogen-bond acceptors (Lipinski definition) is 6. The fourth-order valence-electron chi connectivity index (χ4n) is 3.51. The Balaban J connectivity index is 1.80. The molecule has 0 saturated carbocycles. The molecule has 0 bridgehead atoms. The van der Waals surface area contributed by atoms with E-state index in [1.54, 1.807) is 0 Å². The molecule has 9 heteroatoms. The van der Waals surface area contributed by atoms with Crippen molar-refractivity contribution in [1.29, 1.82) is 0 Å². The zero-order chi connectivity index (χ0) is 23.8. The Bertz CT molecular complexity index is 1080. The van der Waals surface area contributed by atoms with E-state index in [4.69, 9.17) is 4.74 Å². The Labute approximate surface area is 191 Å². The highest BCUT2D eigenvalue weighted by Gasteiger charge is 2.38. The maximum absolute atomic E-state index is 12.6. The number of carbonyl (C=O) groups is 3. The first-order chi connectivity index (χ1) is 15.8. The summed E-state index contributed by atoms with van der Waals surface area (Å²) in [7, 11) is 0. The summed E-state index contributed by atoms with van der Waals surface area (Å²) in [6, 6.07) is 17.2. The highest BCUT2D eigenvalue weighted by atomic mass is 16.5. The van der Waals surface area contributed by atoms with Crippen molar-refractivity contribution in [2.24, 2.45) is 5.41 Å². The van der Waals surface area contributed by atoms with Gasteiger partial charge in [0.15, 0.2) is 5.69 Å². The van der Waals surface area contributed by atoms with E-state index in [9.17, 15) is 19.5 Å². The Morgan fingerprint density at radius 1 is 1.09 bits per heavy atom. The number of esters is 1. The van der Waals surface area contributed by atoms with Gasteiger partial charge in [0, 0.05) is 13.0 Å². The van der Waals surface area contributed by atoms with Crippen LogP contribution in [0.3, 0.4) is 0 Å². The summed E-state index contributed by atoms with van der Waals surface area (Å²) < 4.78 is 5.00. The van der Waals surface area contributed by atoms with Crippen LogP contribution in [0.5, 0.6) is 0 Å². The molecule has 0 aliphatic carbocycles. The maximum Gasteiger partial charge on any atom is 0.312 e. The molecule has 3 aromatic rings. The fourth-order valence-corrected chi connectivity index (χ4v) is 3.51. The number of ether oxygens (including phenoxy) is 1. The molecule has 33 heavy (non-hydrogen) atoms. The first-order valence-electron chi connectivity index (χ1n) is 10.4. The molecule has 3 N–H and O–H groups in total. The zero-order valence-corrected chi connectivity index (χ0v) is 18.4. The molecule has 1 amide bonds. The number of nitrogens with zero attached hydrogens (tertiary/aromatic N) is 2. The van der Waals surface area contributed by atoms with E-state index in [1.165, 1.54) is 20.0 Å². The van der Waals surface area contributed by atoms with Gasteiger partial charge in [-0.15, -0.1) is 0 Å². The van der Waals surface area contributed by atoms with Gasteiger partial charge in [0.2, 0.25) is 0 Å². The fraction of sp³-hybridized carbons (Fsp3) is 0.292. The molecule has 0 spiro atoms. The number of H-pyrrole nitrogens is 1. The van der Waals surface area contributed by atoms with E-state index in [-0.39, 0.29) is 18.7 Å². The second-order valence-corrected chi connectivity index (χ2v) is 8.14. The molecule has 172 valence electrons. The van der Waals surface area contributed by atoms with Crippen molar-refractivity contribution in [3.05, 3.63) is 72.1 Å². The number of aromatic amines is 1. The number of aromatic nitrogens is 3. The van der Waals surface area contributed by atoms with Crippen molar-refractivity contribution < 1.29 is 24.2 Å². The van der Waals surface area contributed by atoms with Gasteiger partial charge in [-0.3, -0.25) is 14.4 Å². The standard InChI is InChI=1S/C24H26N4O5/c1-16(29)33-15-24(2,23(31)32)13-20(26-22(30)21-14-25-28-27-21)12-17-8-10-19(11-9-17)18-6-4-3-5-7-18/h3-11,14,20H,12-13,15H2,1-2H3,(H,26,30)(H,31,32)(H,25,27,28). The molecule has 0 aliphatic rings. The third-order valence-corrected chi connectivity index (χ3v) is 5.33. The van der Waals surface area contributed by atoms with Gasteiger partial charge < -0.3 is 15.2 Å². The maximum atomic E-state index is 12.6.